The van der Waals surface area contributed by atoms with Crippen LogP contribution in [0, 0.1) is 0 Å². The molecule has 7 nitrogen and oxygen atoms in total. The highest BCUT2D eigenvalue weighted by Gasteiger charge is 2.32. The average Bonchev–Trinajstić information content (AvgIpc) is 3.03. The fourth-order valence-electron chi connectivity index (χ4n) is 2.93. The highest BCUT2D eigenvalue weighted by molar-refractivity contribution is 8.18. The number of primary amides is 1. The minimum atomic E-state index is -0.567. The van der Waals surface area contributed by atoms with Crippen LogP contribution in [-0.4, -0.2) is 41.6 Å². The van der Waals surface area contributed by atoms with Crippen LogP contribution in [-0.2, 0) is 9.59 Å². The van der Waals surface area contributed by atoms with Crippen molar-refractivity contribution in [3.63, 3.8) is 0 Å². The molecule has 0 spiro atoms. The molecule has 0 atom stereocenters. The molecule has 162 valence electrons. The van der Waals surface area contributed by atoms with E-state index in [4.69, 9.17) is 15.2 Å². The lowest BCUT2D eigenvalue weighted by molar-refractivity contribution is -0.122. The van der Waals surface area contributed by atoms with E-state index in [2.05, 4.69) is 4.99 Å². The Bertz CT molecular complexity index is 1010. The molecule has 1 aliphatic rings. The summed E-state index contributed by atoms with van der Waals surface area (Å²) in [6, 6.07) is 14.9. The van der Waals surface area contributed by atoms with Gasteiger partial charge in [0.05, 0.1) is 17.2 Å². The molecule has 0 radical (unpaired) electrons. The number of para-hydroxylation sites is 1. The van der Waals surface area contributed by atoms with Gasteiger partial charge in [-0.15, -0.1) is 0 Å². The summed E-state index contributed by atoms with van der Waals surface area (Å²) in [5.74, 6) is 0.265. The smallest absolute Gasteiger partial charge is 0.266 e. The first-order chi connectivity index (χ1) is 15.0. The molecule has 1 heterocycles. The van der Waals surface area contributed by atoms with Crippen molar-refractivity contribution >= 4 is 40.5 Å². The Morgan fingerprint density at radius 1 is 1.13 bits per heavy atom. The van der Waals surface area contributed by atoms with Gasteiger partial charge in [-0.25, -0.2) is 4.99 Å². The summed E-state index contributed by atoms with van der Waals surface area (Å²) in [6.07, 6.45) is 2.64. The van der Waals surface area contributed by atoms with Gasteiger partial charge in [0.1, 0.15) is 0 Å². The van der Waals surface area contributed by atoms with Crippen molar-refractivity contribution in [2.24, 2.45) is 10.7 Å². The molecule has 0 bridgehead atoms. The third-order valence-electron chi connectivity index (χ3n) is 4.25. The molecular weight excluding hydrogens is 414 g/mol. The van der Waals surface area contributed by atoms with E-state index < -0.39 is 5.91 Å². The van der Waals surface area contributed by atoms with Gasteiger partial charge in [0.2, 0.25) is 0 Å². The summed E-state index contributed by atoms with van der Waals surface area (Å²) in [4.78, 5) is 31.0. The monoisotopic (exact) mass is 439 g/mol. The maximum atomic E-state index is 13.0. The first-order valence-corrected chi connectivity index (χ1v) is 10.9. The highest BCUT2D eigenvalue weighted by atomic mass is 32.2. The number of nitrogens with two attached hydrogens (primary N) is 1. The first kappa shape index (κ1) is 22.4. The number of benzene rings is 2. The maximum absolute atomic E-state index is 13.0. The van der Waals surface area contributed by atoms with Crippen molar-refractivity contribution in [2.75, 3.05) is 19.8 Å². The summed E-state index contributed by atoms with van der Waals surface area (Å²) >= 11 is 1.35. The van der Waals surface area contributed by atoms with Crippen LogP contribution in [0.15, 0.2) is 58.4 Å². The van der Waals surface area contributed by atoms with Gasteiger partial charge < -0.3 is 15.2 Å². The van der Waals surface area contributed by atoms with Gasteiger partial charge in [-0.05, 0) is 61.0 Å². The largest absolute Gasteiger partial charge is 0.490 e. The molecule has 0 aliphatic carbocycles. The van der Waals surface area contributed by atoms with Crippen LogP contribution < -0.4 is 15.2 Å². The number of aliphatic imine (C=N–C) groups is 1. The first-order valence-electron chi connectivity index (χ1n) is 10.0. The molecule has 2 N–H and O–H groups in total. The Morgan fingerprint density at radius 3 is 2.58 bits per heavy atom. The average molecular weight is 440 g/mol. The normalized spacial score (nSPS) is 16.2. The van der Waals surface area contributed by atoms with Crippen LogP contribution in [0.3, 0.4) is 0 Å². The standard InChI is InChI=1S/C23H25N3O4S/c1-3-12-26-22(28)20(31-23(26)25-17-8-6-5-7-9-17)14-16-10-11-18(30-15-21(24)27)19(13-16)29-4-2/h5-11,13-14H,3-4,12,15H2,1-2H3,(H2,24,27)/b20-14+,25-23?. The Hall–Kier alpha value is -3.26. The van der Waals surface area contributed by atoms with Gasteiger partial charge >= 0.3 is 0 Å². The third kappa shape index (κ3) is 5.88. The van der Waals surface area contributed by atoms with Crippen molar-refractivity contribution in [3.05, 3.63) is 59.0 Å². The van der Waals surface area contributed by atoms with Crippen molar-refractivity contribution in [2.45, 2.75) is 20.3 Å². The molecule has 31 heavy (non-hydrogen) atoms. The minimum Gasteiger partial charge on any atom is -0.490 e. The van der Waals surface area contributed by atoms with E-state index in [-0.39, 0.29) is 12.5 Å². The number of thioether (sulfide) groups is 1. The molecule has 1 saturated heterocycles. The Morgan fingerprint density at radius 2 is 1.90 bits per heavy atom. The highest BCUT2D eigenvalue weighted by Crippen LogP contribution is 2.36. The Balaban J connectivity index is 1.89. The number of carbonyl (C=O) groups is 2. The second-order valence-electron chi connectivity index (χ2n) is 6.69. The fourth-order valence-corrected chi connectivity index (χ4v) is 3.95. The number of hydrogen-bond acceptors (Lipinski definition) is 6. The van der Waals surface area contributed by atoms with E-state index in [1.165, 1.54) is 11.8 Å². The Labute approximate surface area is 185 Å². The van der Waals surface area contributed by atoms with E-state index in [9.17, 15) is 9.59 Å². The lowest BCUT2D eigenvalue weighted by Gasteiger charge is -2.14. The van der Waals surface area contributed by atoms with Crippen LogP contribution in [0.25, 0.3) is 6.08 Å². The summed E-state index contributed by atoms with van der Waals surface area (Å²) in [6.45, 7) is 4.67. The molecule has 1 fully saturated rings. The summed E-state index contributed by atoms with van der Waals surface area (Å²) in [5, 5.41) is 0.663. The number of amides is 2. The van der Waals surface area contributed by atoms with E-state index in [1.807, 2.05) is 50.3 Å². The van der Waals surface area contributed by atoms with Gasteiger partial charge in [-0.1, -0.05) is 31.2 Å². The van der Waals surface area contributed by atoms with Gasteiger partial charge in [-0.2, -0.15) is 0 Å². The predicted molar refractivity (Wildman–Crippen MR) is 123 cm³/mol. The molecule has 8 heteroatoms. The minimum absolute atomic E-state index is 0.0754. The van der Waals surface area contributed by atoms with Gasteiger partial charge in [0.25, 0.3) is 11.8 Å². The zero-order valence-electron chi connectivity index (χ0n) is 17.5. The van der Waals surface area contributed by atoms with Gasteiger partial charge in [0.15, 0.2) is 23.3 Å². The topological polar surface area (TPSA) is 94.2 Å². The number of ether oxygens (including phenoxy) is 2. The zero-order valence-corrected chi connectivity index (χ0v) is 18.4. The van der Waals surface area contributed by atoms with E-state index in [0.29, 0.717) is 34.7 Å². The fraction of sp³-hybridized carbons (Fsp3) is 0.261. The molecule has 3 rings (SSSR count). The van der Waals surface area contributed by atoms with E-state index in [0.717, 1.165) is 17.7 Å². The third-order valence-corrected chi connectivity index (χ3v) is 5.26. The molecular formula is C23H25N3O4S. The number of hydrogen-bond donors (Lipinski definition) is 1. The zero-order chi connectivity index (χ0) is 22.2. The summed E-state index contributed by atoms with van der Waals surface area (Å²) < 4.78 is 11.0. The molecule has 0 aromatic heterocycles. The predicted octanol–water partition coefficient (Wildman–Crippen LogP) is 3.96. The SMILES string of the molecule is CCCN1C(=O)/C(=C\c2ccc(OCC(N)=O)c(OCC)c2)SC1=Nc1ccccc1. The lowest BCUT2D eigenvalue weighted by Crippen LogP contribution is -2.29. The number of amidine groups is 1. The molecule has 0 saturated carbocycles. The van der Waals surface area contributed by atoms with E-state index in [1.54, 1.807) is 23.1 Å². The molecule has 2 amide bonds. The van der Waals surface area contributed by atoms with Gasteiger partial charge in [0, 0.05) is 6.54 Å². The summed E-state index contributed by atoms with van der Waals surface area (Å²) in [7, 11) is 0. The van der Waals surface area contributed by atoms with Crippen molar-refractivity contribution < 1.29 is 19.1 Å². The quantitative estimate of drug-likeness (QED) is 0.597. The van der Waals surface area contributed by atoms with Crippen molar-refractivity contribution in [1.29, 1.82) is 0 Å². The molecule has 1 aliphatic heterocycles. The summed E-state index contributed by atoms with van der Waals surface area (Å²) in [5.41, 5.74) is 6.74. The van der Waals surface area contributed by atoms with Crippen LogP contribution >= 0.6 is 11.8 Å². The van der Waals surface area contributed by atoms with Crippen LogP contribution in [0.2, 0.25) is 0 Å². The molecule has 2 aromatic carbocycles. The molecule has 0 unspecified atom stereocenters. The second-order valence-corrected chi connectivity index (χ2v) is 7.70. The van der Waals surface area contributed by atoms with Gasteiger partial charge in [-0.3, -0.25) is 14.5 Å². The second kappa shape index (κ2) is 10.7. The number of nitrogens with zero attached hydrogens (tertiary/aromatic N) is 2. The number of carbonyl (C=O) groups excluding carboxylic acids is 2. The maximum Gasteiger partial charge on any atom is 0.266 e. The lowest BCUT2D eigenvalue weighted by atomic mass is 10.2. The number of rotatable bonds is 9. The Kier molecular flexibility index (Phi) is 7.72. The van der Waals surface area contributed by atoms with Crippen LogP contribution in [0.1, 0.15) is 25.8 Å². The van der Waals surface area contributed by atoms with E-state index >= 15 is 0 Å². The van der Waals surface area contributed by atoms with Crippen molar-refractivity contribution in [3.8, 4) is 11.5 Å². The van der Waals surface area contributed by atoms with Crippen LogP contribution in [0.5, 0.6) is 11.5 Å². The molecule has 2 aromatic rings. The van der Waals surface area contributed by atoms with Crippen LogP contribution in [0.4, 0.5) is 5.69 Å². The van der Waals surface area contributed by atoms with Crippen molar-refractivity contribution in [1.82, 2.24) is 4.90 Å².